The highest BCUT2D eigenvalue weighted by Crippen LogP contribution is 2.15. The maximum atomic E-state index is 5.71. The van der Waals surface area contributed by atoms with Crippen LogP contribution in [-0.4, -0.2) is 6.10 Å². The average Bonchev–Trinajstić information content (AvgIpc) is 2.18. The van der Waals surface area contributed by atoms with E-state index in [0.717, 1.165) is 18.6 Å². The van der Waals surface area contributed by atoms with E-state index in [0.29, 0.717) is 6.10 Å². The van der Waals surface area contributed by atoms with Crippen molar-refractivity contribution >= 4 is 0 Å². The molecule has 0 heterocycles. The van der Waals surface area contributed by atoms with E-state index in [9.17, 15) is 0 Å². The van der Waals surface area contributed by atoms with E-state index in [1.807, 2.05) is 6.07 Å². The van der Waals surface area contributed by atoms with Crippen molar-refractivity contribution < 1.29 is 4.74 Å². The molecule has 0 amide bonds. The van der Waals surface area contributed by atoms with Crippen LogP contribution in [0.15, 0.2) is 24.3 Å². The summed E-state index contributed by atoms with van der Waals surface area (Å²) in [5.41, 5.74) is 1.33. The predicted molar refractivity (Wildman–Crippen MR) is 56.2 cm³/mol. The van der Waals surface area contributed by atoms with Crippen molar-refractivity contribution in [1.82, 2.24) is 0 Å². The van der Waals surface area contributed by atoms with Gasteiger partial charge < -0.3 is 4.74 Å². The van der Waals surface area contributed by atoms with Crippen molar-refractivity contribution in [3.05, 3.63) is 29.8 Å². The van der Waals surface area contributed by atoms with Crippen molar-refractivity contribution in [2.24, 2.45) is 0 Å². The van der Waals surface area contributed by atoms with E-state index in [4.69, 9.17) is 4.74 Å². The summed E-state index contributed by atoms with van der Waals surface area (Å²) in [4.78, 5) is 0. The molecule has 13 heavy (non-hydrogen) atoms. The lowest BCUT2D eigenvalue weighted by molar-refractivity contribution is 0.217. The van der Waals surface area contributed by atoms with Gasteiger partial charge in [-0.05, 0) is 37.5 Å². The van der Waals surface area contributed by atoms with Crippen LogP contribution in [0, 0.1) is 0 Å². The SMILES string of the molecule is CCc1cccc(O[C@@H](C)CC)c1. The Morgan fingerprint density at radius 2 is 2.08 bits per heavy atom. The molecule has 0 aliphatic carbocycles. The van der Waals surface area contributed by atoms with E-state index in [1.54, 1.807) is 0 Å². The first-order valence-corrected chi connectivity index (χ1v) is 5.01. The van der Waals surface area contributed by atoms with Gasteiger partial charge in [0, 0.05) is 0 Å². The van der Waals surface area contributed by atoms with Crippen LogP contribution in [0.25, 0.3) is 0 Å². The molecule has 1 aromatic carbocycles. The highest BCUT2D eigenvalue weighted by molar-refractivity contribution is 5.28. The highest BCUT2D eigenvalue weighted by Gasteiger charge is 2.00. The molecule has 1 atom stereocenters. The lowest BCUT2D eigenvalue weighted by Gasteiger charge is -2.12. The lowest BCUT2D eigenvalue weighted by atomic mass is 10.2. The predicted octanol–water partition coefficient (Wildman–Crippen LogP) is 3.43. The monoisotopic (exact) mass is 178 g/mol. The van der Waals surface area contributed by atoms with Gasteiger partial charge in [-0.25, -0.2) is 0 Å². The Kier molecular flexibility index (Phi) is 3.81. The van der Waals surface area contributed by atoms with Crippen LogP contribution in [0.2, 0.25) is 0 Å². The maximum Gasteiger partial charge on any atom is 0.119 e. The van der Waals surface area contributed by atoms with Gasteiger partial charge in [-0.2, -0.15) is 0 Å². The third-order valence-electron chi connectivity index (χ3n) is 2.22. The summed E-state index contributed by atoms with van der Waals surface area (Å²) < 4.78 is 5.71. The number of benzene rings is 1. The summed E-state index contributed by atoms with van der Waals surface area (Å²) in [7, 11) is 0. The summed E-state index contributed by atoms with van der Waals surface area (Å²) in [5.74, 6) is 0.994. The lowest BCUT2D eigenvalue weighted by Crippen LogP contribution is -2.09. The molecule has 1 nitrogen and oxygen atoms in total. The van der Waals surface area contributed by atoms with Gasteiger partial charge in [-0.1, -0.05) is 26.0 Å². The zero-order chi connectivity index (χ0) is 9.68. The number of hydrogen-bond acceptors (Lipinski definition) is 1. The quantitative estimate of drug-likeness (QED) is 0.686. The van der Waals surface area contributed by atoms with Gasteiger partial charge in [-0.15, -0.1) is 0 Å². The Hall–Kier alpha value is -0.980. The molecular weight excluding hydrogens is 160 g/mol. The summed E-state index contributed by atoms with van der Waals surface area (Å²) >= 11 is 0. The molecule has 1 aromatic rings. The number of rotatable bonds is 4. The first-order valence-electron chi connectivity index (χ1n) is 5.01. The molecule has 72 valence electrons. The molecule has 1 heteroatoms. The molecule has 0 bridgehead atoms. The van der Waals surface area contributed by atoms with Gasteiger partial charge in [0.05, 0.1) is 6.10 Å². The molecule has 0 aliphatic rings. The maximum absolute atomic E-state index is 5.71. The van der Waals surface area contributed by atoms with Gasteiger partial charge in [0.2, 0.25) is 0 Å². The minimum atomic E-state index is 0.312. The molecule has 0 saturated heterocycles. The highest BCUT2D eigenvalue weighted by atomic mass is 16.5. The van der Waals surface area contributed by atoms with Gasteiger partial charge >= 0.3 is 0 Å². The first kappa shape index (κ1) is 10.1. The van der Waals surface area contributed by atoms with Crippen molar-refractivity contribution in [1.29, 1.82) is 0 Å². The fourth-order valence-electron chi connectivity index (χ4n) is 1.15. The van der Waals surface area contributed by atoms with E-state index in [2.05, 4.69) is 39.0 Å². The number of ether oxygens (including phenoxy) is 1. The Balaban J connectivity index is 2.66. The fourth-order valence-corrected chi connectivity index (χ4v) is 1.15. The van der Waals surface area contributed by atoms with Gasteiger partial charge in [0.1, 0.15) is 5.75 Å². The summed E-state index contributed by atoms with van der Waals surface area (Å²) in [5, 5.41) is 0. The van der Waals surface area contributed by atoms with Gasteiger partial charge in [-0.3, -0.25) is 0 Å². The van der Waals surface area contributed by atoms with Crippen molar-refractivity contribution in [2.75, 3.05) is 0 Å². The molecular formula is C12H18O. The molecule has 0 unspecified atom stereocenters. The molecule has 0 N–H and O–H groups in total. The van der Waals surface area contributed by atoms with Crippen LogP contribution in [0.4, 0.5) is 0 Å². The van der Waals surface area contributed by atoms with Crippen LogP contribution in [-0.2, 0) is 6.42 Å². The molecule has 0 spiro atoms. The van der Waals surface area contributed by atoms with Crippen molar-refractivity contribution in [3.8, 4) is 5.75 Å². The van der Waals surface area contributed by atoms with Gasteiger partial charge in [0.15, 0.2) is 0 Å². The van der Waals surface area contributed by atoms with Crippen LogP contribution in [0.5, 0.6) is 5.75 Å². The largest absolute Gasteiger partial charge is 0.491 e. The molecule has 0 aromatic heterocycles. The van der Waals surface area contributed by atoms with Crippen molar-refractivity contribution in [3.63, 3.8) is 0 Å². The Bertz CT molecular complexity index is 255. The first-order chi connectivity index (χ1) is 6.26. The Labute approximate surface area is 80.7 Å². The third kappa shape index (κ3) is 3.10. The van der Waals surface area contributed by atoms with E-state index in [-0.39, 0.29) is 0 Å². The Morgan fingerprint density at radius 3 is 2.69 bits per heavy atom. The summed E-state index contributed by atoms with van der Waals surface area (Å²) in [6.07, 6.45) is 2.43. The van der Waals surface area contributed by atoms with Crippen LogP contribution in [0.1, 0.15) is 32.8 Å². The average molecular weight is 178 g/mol. The van der Waals surface area contributed by atoms with E-state index < -0.39 is 0 Å². The van der Waals surface area contributed by atoms with E-state index in [1.165, 1.54) is 5.56 Å². The second-order valence-electron chi connectivity index (χ2n) is 3.34. The van der Waals surface area contributed by atoms with Crippen LogP contribution < -0.4 is 4.74 Å². The zero-order valence-corrected chi connectivity index (χ0v) is 8.71. The molecule has 0 radical (unpaired) electrons. The molecule has 0 aliphatic heterocycles. The normalized spacial score (nSPS) is 12.5. The summed E-state index contributed by atoms with van der Waals surface area (Å²) in [6.45, 7) is 6.38. The number of aryl methyl sites for hydroxylation is 1. The standard InChI is InChI=1S/C12H18O/c1-4-10(3)13-12-8-6-7-11(5-2)9-12/h6-10H,4-5H2,1-3H3/t10-/m0/s1. The minimum Gasteiger partial charge on any atom is -0.491 e. The topological polar surface area (TPSA) is 9.23 Å². The zero-order valence-electron chi connectivity index (χ0n) is 8.71. The van der Waals surface area contributed by atoms with Crippen molar-refractivity contribution in [2.45, 2.75) is 39.7 Å². The fraction of sp³-hybridized carbons (Fsp3) is 0.500. The molecule has 0 fully saturated rings. The summed E-state index contributed by atoms with van der Waals surface area (Å²) in [6, 6.07) is 8.32. The molecule has 0 saturated carbocycles. The van der Waals surface area contributed by atoms with Crippen LogP contribution in [0.3, 0.4) is 0 Å². The second kappa shape index (κ2) is 4.90. The van der Waals surface area contributed by atoms with Gasteiger partial charge in [0.25, 0.3) is 0 Å². The number of hydrogen-bond donors (Lipinski definition) is 0. The smallest absolute Gasteiger partial charge is 0.119 e. The van der Waals surface area contributed by atoms with E-state index >= 15 is 0 Å². The third-order valence-corrected chi connectivity index (χ3v) is 2.22. The molecule has 1 rings (SSSR count). The van der Waals surface area contributed by atoms with Crippen LogP contribution >= 0.6 is 0 Å². The second-order valence-corrected chi connectivity index (χ2v) is 3.34. The minimum absolute atomic E-state index is 0.312. The Morgan fingerprint density at radius 1 is 1.31 bits per heavy atom.